The average Bonchev–Trinajstić information content (AvgIpc) is 3.24. The van der Waals surface area contributed by atoms with Crippen molar-refractivity contribution >= 4 is 11.9 Å². The van der Waals surface area contributed by atoms with Crippen LogP contribution in [0.4, 0.5) is 0 Å². The van der Waals surface area contributed by atoms with Gasteiger partial charge in [0.1, 0.15) is 11.3 Å². The van der Waals surface area contributed by atoms with E-state index in [1.165, 1.54) is 0 Å². The Morgan fingerprint density at radius 2 is 1.77 bits per heavy atom. The summed E-state index contributed by atoms with van der Waals surface area (Å²) in [7, 11) is 0. The van der Waals surface area contributed by atoms with E-state index in [4.69, 9.17) is 4.74 Å². The molecule has 1 saturated heterocycles. The number of carbonyl (C=O) groups excluding carboxylic acids is 2. The summed E-state index contributed by atoms with van der Waals surface area (Å²) in [6, 6.07) is 19.1. The zero-order chi connectivity index (χ0) is 20.9. The van der Waals surface area contributed by atoms with E-state index in [0.29, 0.717) is 17.2 Å². The lowest BCUT2D eigenvalue weighted by Crippen LogP contribution is -2.41. The molecule has 1 aliphatic heterocycles. The molecule has 154 valence electrons. The van der Waals surface area contributed by atoms with Gasteiger partial charge in [0.15, 0.2) is 6.61 Å². The Balaban J connectivity index is 1.55. The Labute approximate surface area is 176 Å². The zero-order valence-electron chi connectivity index (χ0n) is 17.0. The Kier molecular flexibility index (Phi) is 5.93. The smallest absolute Gasteiger partial charge is 0.342 e. The molecule has 1 fully saturated rings. The van der Waals surface area contributed by atoms with Crippen molar-refractivity contribution in [2.24, 2.45) is 5.92 Å². The van der Waals surface area contributed by atoms with Crippen molar-refractivity contribution < 1.29 is 14.3 Å². The van der Waals surface area contributed by atoms with Gasteiger partial charge in [0.05, 0.1) is 5.69 Å². The van der Waals surface area contributed by atoms with Crippen LogP contribution in [0, 0.1) is 5.92 Å². The van der Waals surface area contributed by atoms with E-state index in [-0.39, 0.29) is 12.5 Å². The molecule has 0 N–H and O–H groups in total. The van der Waals surface area contributed by atoms with Crippen LogP contribution in [0.2, 0.25) is 0 Å². The third-order valence-corrected chi connectivity index (χ3v) is 5.34. The van der Waals surface area contributed by atoms with Gasteiger partial charge in [0.25, 0.3) is 5.91 Å². The summed E-state index contributed by atoms with van der Waals surface area (Å²) in [5.74, 6) is -0.215. The van der Waals surface area contributed by atoms with Crippen LogP contribution in [0.1, 0.15) is 30.1 Å². The average molecular weight is 403 g/mol. The number of hydrogen-bond donors (Lipinski definition) is 0. The number of hydrogen-bond acceptors (Lipinski definition) is 4. The van der Waals surface area contributed by atoms with Crippen molar-refractivity contribution in [1.29, 1.82) is 0 Å². The van der Waals surface area contributed by atoms with E-state index >= 15 is 0 Å². The van der Waals surface area contributed by atoms with Gasteiger partial charge in [0.2, 0.25) is 0 Å². The van der Waals surface area contributed by atoms with E-state index < -0.39 is 5.97 Å². The zero-order valence-corrected chi connectivity index (χ0v) is 17.0. The molecule has 0 saturated carbocycles. The van der Waals surface area contributed by atoms with Gasteiger partial charge in [-0.05, 0) is 30.9 Å². The molecule has 2 heterocycles. The van der Waals surface area contributed by atoms with Crippen LogP contribution >= 0.6 is 0 Å². The predicted octanol–water partition coefficient (Wildman–Crippen LogP) is 3.95. The molecule has 6 heteroatoms. The van der Waals surface area contributed by atoms with Crippen LogP contribution in [-0.4, -0.2) is 46.3 Å². The van der Waals surface area contributed by atoms with E-state index in [9.17, 15) is 9.59 Å². The Morgan fingerprint density at radius 3 is 2.47 bits per heavy atom. The lowest BCUT2D eigenvalue weighted by Gasteiger charge is -2.30. The number of amides is 1. The standard InChI is InChI=1S/C24H25N3O3/c1-18-9-8-14-26(15-18)22(28)17-30-24(29)21-16-27(20-12-6-3-7-13-20)25-23(21)19-10-4-2-5-11-19/h2-7,10-13,16,18H,8-9,14-15,17H2,1H3. The molecule has 0 spiro atoms. The van der Waals surface area contributed by atoms with Gasteiger partial charge in [-0.25, -0.2) is 9.48 Å². The van der Waals surface area contributed by atoms with Crippen molar-refractivity contribution in [3.8, 4) is 16.9 Å². The molecule has 0 bridgehead atoms. The topological polar surface area (TPSA) is 64.4 Å². The van der Waals surface area contributed by atoms with Crippen molar-refractivity contribution in [2.45, 2.75) is 19.8 Å². The molecule has 0 aliphatic carbocycles. The summed E-state index contributed by atoms with van der Waals surface area (Å²) in [5.41, 5.74) is 2.52. The van der Waals surface area contributed by atoms with Gasteiger partial charge in [0, 0.05) is 24.8 Å². The first-order chi connectivity index (χ1) is 14.6. The summed E-state index contributed by atoms with van der Waals surface area (Å²) in [5, 5.41) is 4.62. The first-order valence-electron chi connectivity index (χ1n) is 10.3. The first-order valence-corrected chi connectivity index (χ1v) is 10.3. The van der Waals surface area contributed by atoms with Gasteiger partial charge in [-0.3, -0.25) is 4.79 Å². The summed E-state index contributed by atoms with van der Waals surface area (Å²) >= 11 is 0. The number of likely N-dealkylation sites (tertiary alicyclic amines) is 1. The fourth-order valence-electron chi connectivity index (χ4n) is 3.76. The van der Waals surface area contributed by atoms with Gasteiger partial charge < -0.3 is 9.64 Å². The summed E-state index contributed by atoms with van der Waals surface area (Å²) < 4.78 is 7.07. The Hall–Kier alpha value is -3.41. The Morgan fingerprint density at radius 1 is 1.07 bits per heavy atom. The van der Waals surface area contributed by atoms with E-state index in [1.54, 1.807) is 15.8 Å². The van der Waals surface area contributed by atoms with Gasteiger partial charge in [-0.1, -0.05) is 55.5 Å². The molecule has 1 amide bonds. The summed E-state index contributed by atoms with van der Waals surface area (Å²) in [4.78, 5) is 27.2. The molecule has 4 rings (SSSR count). The van der Waals surface area contributed by atoms with Gasteiger partial charge in [-0.15, -0.1) is 0 Å². The second kappa shape index (κ2) is 8.95. The molecule has 1 aliphatic rings. The molecule has 1 unspecified atom stereocenters. The van der Waals surface area contributed by atoms with Crippen molar-refractivity contribution in [1.82, 2.24) is 14.7 Å². The number of esters is 1. The Bertz CT molecular complexity index is 1010. The highest BCUT2D eigenvalue weighted by Crippen LogP contribution is 2.24. The van der Waals surface area contributed by atoms with Crippen LogP contribution in [-0.2, 0) is 9.53 Å². The maximum absolute atomic E-state index is 12.9. The maximum atomic E-state index is 12.9. The number of benzene rings is 2. The number of aromatic nitrogens is 2. The number of rotatable bonds is 5. The van der Waals surface area contributed by atoms with Gasteiger partial charge in [-0.2, -0.15) is 5.10 Å². The van der Waals surface area contributed by atoms with Crippen molar-refractivity contribution in [2.75, 3.05) is 19.7 Å². The van der Waals surface area contributed by atoms with Crippen LogP contribution in [0.5, 0.6) is 0 Å². The van der Waals surface area contributed by atoms with Crippen LogP contribution in [0.15, 0.2) is 66.9 Å². The fourth-order valence-corrected chi connectivity index (χ4v) is 3.76. The molecule has 1 aromatic heterocycles. The minimum absolute atomic E-state index is 0.147. The molecule has 2 aromatic carbocycles. The molecule has 30 heavy (non-hydrogen) atoms. The molecule has 6 nitrogen and oxygen atoms in total. The normalized spacial score (nSPS) is 16.3. The van der Waals surface area contributed by atoms with E-state index in [2.05, 4.69) is 12.0 Å². The largest absolute Gasteiger partial charge is 0.452 e. The third-order valence-electron chi connectivity index (χ3n) is 5.34. The van der Waals surface area contributed by atoms with Gasteiger partial charge >= 0.3 is 5.97 Å². The molecule has 0 radical (unpaired) electrons. The molecule has 3 aromatic rings. The second-order valence-electron chi connectivity index (χ2n) is 7.70. The minimum atomic E-state index is -0.547. The first kappa shape index (κ1) is 19.9. The number of ether oxygens (including phenoxy) is 1. The lowest BCUT2D eigenvalue weighted by atomic mass is 10.0. The highest BCUT2D eigenvalue weighted by Gasteiger charge is 2.24. The lowest BCUT2D eigenvalue weighted by molar-refractivity contribution is -0.136. The highest BCUT2D eigenvalue weighted by molar-refractivity contribution is 5.97. The van der Waals surface area contributed by atoms with Crippen LogP contribution in [0.25, 0.3) is 16.9 Å². The molecular weight excluding hydrogens is 378 g/mol. The van der Waals surface area contributed by atoms with Crippen molar-refractivity contribution in [3.63, 3.8) is 0 Å². The quantitative estimate of drug-likeness (QED) is 0.605. The van der Waals surface area contributed by atoms with E-state index in [0.717, 1.165) is 37.2 Å². The molecular formula is C24H25N3O3. The monoisotopic (exact) mass is 403 g/mol. The maximum Gasteiger partial charge on any atom is 0.342 e. The highest BCUT2D eigenvalue weighted by atomic mass is 16.5. The number of nitrogens with zero attached hydrogens (tertiary/aromatic N) is 3. The van der Waals surface area contributed by atoms with Crippen LogP contribution < -0.4 is 0 Å². The summed E-state index contributed by atoms with van der Waals surface area (Å²) in [6.45, 7) is 3.32. The minimum Gasteiger partial charge on any atom is -0.452 e. The molecule has 1 atom stereocenters. The summed E-state index contributed by atoms with van der Waals surface area (Å²) in [6.07, 6.45) is 3.78. The second-order valence-corrected chi connectivity index (χ2v) is 7.70. The number of para-hydroxylation sites is 1. The number of carbonyl (C=O) groups is 2. The third kappa shape index (κ3) is 4.43. The van der Waals surface area contributed by atoms with E-state index in [1.807, 2.05) is 60.7 Å². The van der Waals surface area contributed by atoms with Crippen molar-refractivity contribution in [3.05, 3.63) is 72.4 Å². The van der Waals surface area contributed by atoms with Crippen LogP contribution in [0.3, 0.4) is 0 Å². The number of piperidine rings is 1. The SMILES string of the molecule is CC1CCCN(C(=O)COC(=O)c2cn(-c3ccccc3)nc2-c2ccccc2)C1. The predicted molar refractivity (Wildman–Crippen MR) is 114 cm³/mol. The fraction of sp³-hybridized carbons (Fsp3) is 0.292.